The molecule has 1 N–H and O–H groups in total. The highest BCUT2D eigenvalue weighted by Crippen LogP contribution is 2.20. The third kappa shape index (κ3) is 0.984. The zero-order chi connectivity index (χ0) is 7.68. The van der Waals surface area contributed by atoms with Crippen LogP contribution in [0.5, 0.6) is 0 Å². The summed E-state index contributed by atoms with van der Waals surface area (Å²) in [7, 11) is 0. The number of H-pyrrole nitrogens is 1. The van der Waals surface area contributed by atoms with E-state index in [2.05, 4.69) is 21.5 Å². The largest absolute Gasteiger partial charge is 0.198 e. The summed E-state index contributed by atoms with van der Waals surface area (Å²) in [6, 6.07) is 2.25. The van der Waals surface area contributed by atoms with Crippen LogP contribution in [0.4, 0.5) is 0 Å². The van der Waals surface area contributed by atoms with E-state index >= 15 is 0 Å². The standard InChI is InChI=1S/C7H8N4/c8-4-5-1-2-6-7(3-5)10-11-9-6/h5H,1-3H2,(H,9,10,11). The van der Waals surface area contributed by atoms with Crippen LogP contribution in [-0.4, -0.2) is 15.4 Å². The van der Waals surface area contributed by atoms with Crippen molar-refractivity contribution in [3.63, 3.8) is 0 Å². The Morgan fingerprint density at radius 3 is 3.09 bits per heavy atom. The zero-order valence-electron chi connectivity index (χ0n) is 6.04. The van der Waals surface area contributed by atoms with Crippen LogP contribution in [0.25, 0.3) is 0 Å². The maximum Gasteiger partial charge on any atom is 0.0869 e. The first-order chi connectivity index (χ1) is 5.40. The van der Waals surface area contributed by atoms with E-state index in [0.717, 1.165) is 30.7 Å². The highest BCUT2D eigenvalue weighted by Gasteiger charge is 2.20. The van der Waals surface area contributed by atoms with Gasteiger partial charge in [-0.1, -0.05) is 0 Å². The lowest BCUT2D eigenvalue weighted by Crippen LogP contribution is -2.12. The highest BCUT2D eigenvalue weighted by atomic mass is 15.3. The van der Waals surface area contributed by atoms with Gasteiger partial charge in [0.05, 0.1) is 23.4 Å². The van der Waals surface area contributed by atoms with E-state index < -0.39 is 0 Å². The maximum absolute atomic E-state index is 8.65. The Morgan fingerprint density at radius 1 is 1.45 bits per heavy atom. The summed E-state index contributed by atoms with van der Waals surface area (Å²) in [5, 5.41) is 19.2. The van der Waals surface area contributed by atoms with E-state index in [-0.39, 0.29) is 5.92 Å². The van der Waals surface area contributed by atoms with E-state index in [4.69, 9.17) is 5.26 Å². The van der Waals surface area contributed by atoms with Crippen molar-refractivity contribution < 1.29 is 0 Å². The fourth-order valence-corrected chi connectivity index (χ4v) is 1.40. The van der Waals surface area contributed by atoms with E-state index in [1.807, 2.05) is 0 Å². The van der Waals surface area contributed by atoms with Crippen molar-refractivity contribution in [2.75, 3.05) is 0 Å². The molecule has 4 nitrogen and oxygen atoms in total. The summed E-state index contributed by atoms with van der Waals surface area (Å²) in [4.78, 5) is 0. The zero-order valence-corrected chi connectivity index (χ0v) is 6.04. The van der Waals surface area contributed by atoms with Crippen molar-refractivity contribution >= 4 is 0 Å². The van der Waals surface area contributed by atoms with Crippen LogP contribution in [0.1, 0.15) is 17.8 Å². The third-order valence-corrected chi connectivity index (χ3v) is 2.05. The van der Waals surface area contributed by atoms with Crippen LogP contribution < -0.4 is 0 Å². The number of nitrogens with one attached hydrogen (secondary N) is 1. The first kappa shape index (κ1) is 6.35. The molecule has 11 heavy (non-hydrogen) atoms. The van der Waals surface area contributed by atoms with E-state index in [0.29, 0.717) is 0 Å². The Morgan fingerprint density at radius 2 is 2.27 bits per heavy atom. The summed E-state index contributed by atoms with van der Waals surface area (Å²) in [6.45, 7) is 0. The third-order valence-electron chi connectivity index (χ3n) is 2.05. The molecule has 0 fully saturated rings. The normalized spacial score (nSPS) is 22.3. The van der Waals surface area contributed by atoms with Crippen molar-refractivity contribution in [3.05, 3.63) is 11.4 Å². The van der Waals surface area contributed by atoms with Gasteiger partial charge in [-0.15, -0.1) is 0 Å². The Kier molecular flexibility index (Phi) is 1.35. The minimum Gasteiger partial charge on any atom is -0.198 e. The highest BCUT2D eigenvalue weighted by molar-refractivity contribution is 5.15. The van der Waals surface area contributed by atoms with E-state index in [9.17, 15) is 0 Å². The van der Waals surface area contributed by atoms with Crippen molar-refractivity contribution in [2.45, 2.75) is 19.3 Å². The second-order valence-electron chi connectivity index (χ2n) is 2.79. The number of hydrogen-bond donors (Lipinski definition) is 1. The second kappa shape index (κ2) is 2.35. The van der Waals surface area contributed by atoms with Gasteiger partial charge in [0.1, 0.15) is 0 Å². The monoisotopic (exact) mass is 148 g/mol. The predicted molar refractivity (Wildman–Crippen MR) is 37.5 cm³/mol. The molecule has 0 saturated heterocycles. The molecule has 1 atom stereocenters. The summed E-state index contributed by atoms with van der Waals surface area (Å²) in [6.07, 6.45) is 2.59. The van der Waals surface area contributed by atoms with Gasteiger partial charge in [-0.3, -0.25) is 0 Å². The first-order valence-electron chi connectivity index (χ1n) is 3.68. The average molecular weight is 148 g/mol. The van der Waals surface area contributed by atoms with Crippen LogP contribution in [0.2, 0.25) is 0 Å². The molecule has 1 unspecified atom stereocenters. The molecular weight excluding hydrogens is 140 g/mol. The average Bonchev–Trinajstić information content (AvgIpc) is 2.50. The molecule has 1 aromatic rings. The van der Waals surface area contributed by atoms with Crippen LogP contribution in [0.15, 0.2) is 0 Å². The first-order valence-corrected chi connectivity index (χ1v) is 3.68. The van der Waals surface area contributed by atoms with Crippen LogP contribution in [-0.2, 0) is 12.8 Å². The molecule has 1 aliphatic rings. The van der Waals surface area contributed by atoms with Crippen molar-refractivity contribution in [2.24, 2.45) is 5.92 Å². The number of aryl methyl sites for hydroxylation is 1. The summed E-state index contributed by atoms with van der Waals surface area (Å²) in [5.74, 6) is 0.146. The maximum atomic E-state index is 8.65. The molecule has 0 spiro atoms. The number of fused-ring (bicyclic) bond motifs is 1. The number of nitriles is 1. The molecule has 2 rings (SSSR count). The van der Waals surface area contributed by atoms with Gasteiger partial charge >= 0.3 is 0 Å². The molecule has 0 saturated carbocycles. The van der Waals surface area contributed by atoms with Gasteiger partial charge in [0, 0.05) is 6.42 Å². The van der Waals surface area contributed by atoms with Crippen LogP contribution in [0.3, 0.4) is 0 Å². The topological polar surface area (TPSA) is 65.4 Å². The molecular formula is C7H8N4. The van der Waals surface area contributed by atoms with Crippen molar-refractivity contribution in [1.82, 2.24) is 15.4 Å². The molecule has 1 heterocycles. The summed E-state index contributed by atoms with van der Waals surface area (Å²) >= 11 is 0. The number of aromatic nitrogens is 3. The van der Waals surface area contributed by atoms with E-state index in [1.54, 1.807) is 0 Å². The fraction of sp³-hybridized carbons (Fsp3) is 0.571. The van der Waals surface area contributed by atoms with Gasteiger partial charge in [0.2, 0.25) is 0 Å². The van der Waals surface area contributed by atoms with Gasteiger partial charge in [-0.05, 0) is 12.8 Å². The summed E-state index contributed by atoms with van der Waals surface area (Å²) in [5.41, 5.74) is 2.01. The van der Waals surface area contributed by atoms with Gasteiger partial charge in [-0.25, -0.2) is 0 Å². The predicted octanol–water partition coefficient (Wildman–Crippen LogP) is 0.433. The second-order valence-corrected chi connectivity index (χ2v) is 2.79. The lowest BCUT2D eigenvalue weighted by molar-refractivity contribution is 0.552. The Hall–Kier alpha value is -1.37. The Labute approximate surface area is 64.2 Å². The Balaban J connectivity index is 2.26. The number of rotatable bonds is 0. The Bertz CT molecular complexity index is 296. The molecule has 1 aromatic heterocycles. The number of aromatic amines is 1. The van der Waals surface area contributed by atoms with Gasteiger partial charge in [0.25, 0.3) is 0 Å². The van der Waals surface area contributed by atoms with Gasteiger partial charge in [0.15, 0.2) is 0 Å². The molecule has 4 heteroatoms. The number of nitrogens with zero attached hydrogens (tertiary/aromatic N) is 3. The lowest BCUT2D eigenvalue weighted by atomic mass is 9.91. The van der Waals surface area contributed by atoms with Crippen LogP contribution >= 0.6 is 0 Å². The molecule has 0 aliphatic heterocycles. The quantitative estimate of drug-likeness (QED) is 0.580. The van der Waals surface area contributed by atoms with Crippen molar-refractivity contribution in [3.8, 4) is 6.07 Å². The molecule has 56 valence electrons. The minimum atomic E-state index is 0.146. The molecule has 1 aliphatic carbocycles. The molecule has 0 amide bonds. The summed E-state index contributed by atoms with van der Waals surface area (Å²) < 4.78 is 0. The van der Waals surface area contributed by atoms with Crippen LogP contribution in [0, 0.1) is 17.2 Å². The molecule has 0 aromatic carbocycles. The smallest absolute Gasteiger partial charge is 0.0869 e. The minimum absolute atomic E-state index is 0.146. The van der Waals surface area contributed by atoms with Crippen molar-refractivity contribution in [1.29, 1.82) is 5.26 Å². The number of hydrogen-bond acceptors (Lipinski definition) is 3. The molecule has 0 radical (unpaired) electrons. The van der Waals surface area contributed by atoms with Gasteiger partial charge < -0.3 is 0 Å². The lowest BCUT2D eigenvalue weighted by Gasteiger charge is -2.12. The SMILES string of the molecule is N#CC1CCc2n[nH]nc2C1. The van der Waals surface area contributed by atoms with E-state index in [1.165, 1.54) is 0 Å². The fourth-order valence-electron chi connectivity index (χ4n) is 1.40. The molecule has 0 bridgehead atoms. The van der Waals surface area contributed by atoms with Gasteiger partial charge in [-0.2, -0.15) is 20.7 Å².